The Hall–Kier alpha value is -2.21. The number of carbonyl (C=O) groups excluding carboxylic acids is 1. The van der Waals surface area contributed by atoms with Gasteiger partial charge in [0.25, 0.3) is 5.91 Å². The number of carboxylic acid groups (broad SMARTS) is 1. The number of aromatic carboxylic acids is 1. The molecule has 0 atom stereocenters. The van der Waals surface area contributed by atoms with Crippen LogP contribution >= 0.6 is 11.3 Å². The minimum Gasteiger partial charge on any atom is -0.477 e. The van der Waals surface area contributed by atoms with Gasteiger partial charge in [0.1, 0.15) is 4.88 Å². The fourth-order valence-electron chi connectivity index (χ4n) is 2.03. The maximum Gasteiger partial charge on any atom is 0.347 e. The van der Waals surface area contributed by atoms with Crippen molar-refractivity contribution < 1.29 is 14.7 Å². The Labute approximate surface area is 133 Å². The van der Waals surface area contributed by atoms with Gasteiger partial charge in [-0.2, -0.15) is 0 Å². The van der Waals surface area contributed by atoms with Crippen LogP contribution in [0.1, 0.15) is 50.2 Å². The van der Waals surface area contributed by atoms with E-state index >= 15 is 0 Å². The second-order valence-electron chi connectivity index (χ2n) is 5.10. The number of aryl methyl sites for hydroxylation is 3. The van der Waals surface area contributed by atoms with Crippen LogP contribution in [0.3, 0.4) is 0 Å². The quantitative estimate of drug-likeness (QED) is 0.881. The number of aromatic nitrogens is 1. The first kappa shape index (κ1) is 16.2. The number of rotatable bonds is 5. The molecule has 116 valence electrons. The molecule has 22 heavy (non-hydrogen) atoms. The van der Waals surface area contributed by atoms with Crippen LogP contribution in [0.2, 0.25) is 0 Å². The number of amides is 1. The van der Waals surface area contributed by atoms with Crippen LogP contribution in [0.5, 0.6) is 0 Å². The molecule has 2 rings (SSSR count). The highest BCUT2D eigenvalue weighted by Crippen LogP contribution is 2.25. The smallest absolute Gasteiger partial charge is 0.347 e. The lowest BCUT2D eigenvalue weighted by atomic mass is 10.1. The number of hydrogen-bond acceptors (Lipinski definition) is 4. The molecule has 1 amide bonds. The number of nitrogens with one attached hydrogen (secondary N) is 1. The first-order valence-corrected chi connectivity index (χ1v) is 7.85. The summed E-state index contributed by atoms with van der Waals surface area (Å²) < 4.78 is 0. The number of anilines is 1. The summed E-state index contributed by atoms with van der Waals surface area (Å²) in [6.45, 7) is 5.88. The Kier molecular flexibility index (Phi) is 4.92. The SMILES string of the molecule is CCCc1nc(NC(=O)c2ccc(C)c(C)c2)sc1C(=O)O. The number of carbonyl (C=O) groups is 2. The minimum atomic E-state index is -1.01. The number of thiazole rings is 1. The molecule has 0 fully saturated rings. The lowest BCUT2D eigenvalue weighted by Crippen LogP contribution is -2.12. The first-order valence-electron chi connectivity index (χ1n) is 7.04. The zero-order chi connectivity index (χ0) is 16.3. The summed E-state index contributed by atoms with van der Waals surface area (Å²) in [5.74, 6) is -1.29. The molecule has 0 spiro atoms. The van der Waals surface area contributed by atoms with Crippen molar-refractivity contribution in [2.24, 2.45) is 0 Å². The highest BCUT2D eigenvalue weighted by molar-refractivity contribution is 7.17. The average Bonchev–Trinajstić information content (AvgIpc) is 2.85. The Morgan fingerprint density at radius 2 is 2.00 bits per heavy atom. The van der Waals surface area contributed by atoms with E-state index in [0.717, 1.165) is 28.9 Å². The zero-order valence-electron chi connectivity index (χ0n) is 12.8. The largest absolute Gasteiger partial charge is 0.477 e. The van der Waals surface area contributed by atoms with Crippen molar-refractivity contribution in [3.63, 3.8) is 0 Å². The van der Waals surface area contributed by atoms with Gasteiger partial charge in [0.05, 0.1) is 5.69 Å². The molecule has 0 aliphatic carbocycles. The highest BCUT2D eigenvalue weighted by Gasteiger charge is 2.18. The van der Waals surface area contributed by atoms with E-state index in [0.29, 0.717) is 22.8 Å². The molecule has 1 aromatic carbocycles. The van der Waals surface area contributed by atoms with E-state index in [9.17, 15) is 14.7 Å². The Balaban J connectivity index is 2.22. The molecule has 0 unspecified atom stereocenters. The zero-order valence-corrected chi connectivity index (χ0v) is 13.6. The molecule has 1 aromatic heterocycles. The van der Waals surface area contributed by atoms with Crippen LogP contribution in [0.15, 0.2) is 18.2 Å². The summed E-state index contributed by atoms with van der Waals surface area (Å²) in [6.07, 6.45) is 1.38. The third-order valence-corrected chi connectivity index (χ3v) is 4.37. The van der Waals surface area contributed by atoms with E-state index in [1.165, 1.54) is 0 Å². The predicted molar refractivity (Wildman–Crippen MR) is 86.9 cm³/mol. The van der Waals surface area contributed by atoms with Crippen molar-refractivity contribution >= 4 is 28.3 Å². The van der Waals surface area contributed by atoms with E-state index < -0.39 is 5.97 Å². The van der Waals surface area contributed by atoms with Gasteiger partial charge in [0.15, 0.2) is 5.13 Å². The van der Waals surface area contributed by atoms with Gasteiger partial charge in [-0.3, -0.25) is 10.1 Å². The number of hydrogen-bond donors (Lipinski definition) is 2. The first-order chi connectivity index (χ1) is 10.4. The van der Waals surface area contributed by atoms with Gasteiger partial charge in [-0.25, -0.2) is 9.78 Å². The highest BCUT2D eigenvalue weighted by atomic mass is 32.1. The molecule has 1 heterocycles. The summed E-state index contributed by atoms with van der Waals surface area (Å²) in [5.41, 5.74) is 3.21. The minimum absolute atomic E-state index is 0.192. The molecule has 0 bridgehead atoms. The van der Waals surface area contributed by atoms with E-state index in [4.69, 9.17) is 0 Å². The number of carboxylic acids is 1. The summed E-state index contributed by atoms with van der Waals surface area (Å²) in [5, 5.41) is 12.2. The van der Waals surface area contributed by atoms with Crippen LogP contribution in [0.4, 0.5) is 5.13 Å². The average molecular weight is 318 g/mol. The van der Waals surface area contributed by atoms with Crippen molar-refractivity contribution in [2.75, 3.05) is 5.32 Å². The lowest BCUT2D eigenvalue weighted by Gasteiger charge is -2.04. The summed E-state index contributed by atoms with van der Waals surface area (Å²) in [7, 11) is 0. The van der Waals surface area contributed by atoms with Crippen LogP contribution in [-0.4, -0.2) is 22.0 Å². The van der Waals surface area contributed by atoms with Crippen molar-refractivity contribution in [3.05, 3.63) is 45.5 Å². The fourth-order valence-corrected chi connectivity index (χ4v) is 2.88. The number of nitrogens with zero attached hydrogens (tertiary/aromatic N) is 1. The van der Waals surface area contributed by atoms with Crippen molar-refractivity contribution in [1.82, 2.24) is 4.98 Å². The molecule has 0 saturated heterocycles. The van der Waals surface area contributed by atoms with Gasteiger partial charge in [0.2, 0.25) is 0 Å². The topological polar surface area (TPSA) is 79.3 Å². The van der Waals surface area contributed by atoms with Gasteiger partial charge in [-0.05, 0) is 43.5 Å². The van der Waals surface area contributed by atoms with Gasteiger partial charge in [0, 0.05) is 5.56 Å². The van der Waals surface area contributed by atoms with Gasteiger partial charge in [-0.15, -0.1) is 0 Å². The molecule has 5 nitrogen and oxygen atoms in total. The fraction of sp³-hybridized carbons (Fsp3) is 0.312. The van der Waals surface area contributed by atoms with Crippen LogP contribution in [-0.2, 0) is 6.42 Å². The van der Waals surface area contributed by atoms with Gasteiger partial charge in [-0.1, -0.05) is 30.7 Å². The van der Waals surface area contributed by atoms with Crippen LogP contribution in [0, 0.1) is 13.8 Å². The maximum absolute atomic E-state index is 12.2. The van der Waals surface area contributed by atoms with E-state index in [1.54, 1.807) is 6.07 Å². The van der Waals surface area contributed by atoms with E-state index in [1.807, 2.05) is 32.9 Å². The van der Waals surface area contributed by atoms with Crippen molar-refractivity contribution in [3.8, 4) is 0 Å². The second kappa shape index (κ2) is 6.70. The lowest BCUT2D eigenvalue weighted by molar-refractivity contribution is 0.0700. The maximum atomic E-state index is 12.2. The molecule has 0 radical (unpaired) electrons. The monoisotopic (exact) mass is 318 g/mol. The van der Waals surface area contributed by atoms with Crippen LogP contribution in [0.25, 0.3) is 0 Å². The second-order valence-corrected chi connectivity index (χ2v) is 6.10. The normalized spacial score (nSPS) is 10.5. The molecule has 0 aliphatic rings. The molecular formula is C16H18N2O3S. The molecule has 0 aliphatic heterocycles. The molecule has 2 aromatic rings. The molecule has 6 heteroatoms. The van der Waals surface area contributed by atoms with Gasteiger partial charge < -0.3 is 5.11 Å². The van der Waals surface area contributed by atoms with Gasteiger partial charge >= 0.3 is 5.97 Å². The predicted octanol–water partition coefficient (Wildman–Crippen LogP) is 3.66. The van der Waals surface area contributed by atoms with Crippen molar-refractivity contribution in [2.45, 2.75) is 33.6 Å². The van der Waals surface area contributed by atoms with Crippen LogP contribution < -0.4 is 5.32 Å². The van der Waals surface area contributed by atoms with Crippen molar-refractivity contribution in [1.29, 1.82) is 0 Å². The molecule has 2 N–H and O–H groups in total. The molecular weight excluding hydrogens is 300 g/mol. The Morgan fingerprint density at radius 3 is 2.59 bits per heavy atom. The molecule has 0 saturated carbocycles. The van der Waals surface area contributed by atoms with E-state index in [-0.39, 0.29) is 10.8 Å². The van der Waals surface area contributed by atoms with E-state index in [2.05, 4.69) is 10.3 Å². The summed E-state index contributed by atoms with van der Waals surface area (Å²) >= 11 is 0.995. The number of benzene rings is 1. The Morgan fingerprint density at radius 1 is 1.27 bits per heavy atom. The third kappa shape index (κ3) is 3.51. The standard InChI is InChI=1S/C16H18N2O3S/c1-4-5-12-13(15(20)21)22-16(17-12)18-14(19)11-7-6-9(2)10(3)8-11/h6-8H,4-5H2,1-3H3,(H,20,21)(H,17,18,19). The third-order valence-electron chi connectivity index (χ3n) is 3.37. The summed E-state index contributed by atoms with van der Waals surface area (Å²) in [6, 6.07) is 5.44. The Bertz CT molecular complexity index is 722. The summed E-state index contributed by atoms with van der Waals surface area (Å²) in [4.78, 5) is 27.9.